The number of allylic oxidation sites excluding steroid dienone is 4. The van der Waals surface area contributed by atoms with Crippen LogP contribution in [0.15, 0.2) is 108 Å². The van der Waals surface area contributed by atoms with Crippen LogP contribution < -0.4 is 10.6 Å². The first-order chi connectivity index (χ1) is 36.4. The summed E-state index contributed by atoms with van der Waals surface area (Å²) in [5, 5.41) is 1.99. The molecular weight excluding hydrogens is 1020 g/mol. The summed E-state index contributed by atoms with van der Waals surface area (Å²) in [5.74, 6) is 2.33. The van der Waals surface area contributed by atoms with Gasteiger partial charge in [0, 0.05) is 41.4 Å². The van der Waals surface area contributed by atoms with Gasteiger partial charge in [0.05, 0.1) is 12.2 Å². The van der Waals surface area contributed by atoms with Crippen molar-refractivity contribution in [2.24, 2.45) is 39.4 Å². The molecule has 5 aliphatic rings. The first-order valence-electron chi connectivity index (χ1n) is 31.2. The molecule has 0 saturated heterocycles. The molecular formula is C71H115O5PSi2. The van der Waals surface area contributed by atoms with Crippen LogP contribution in [-0.2, 0) is 23.0 Å². The quantitative estimate of drug-likeness (QED) is 0.101. The van der Waals surface area contributed by atoms with Gasteiger partial charge >= 0.3 is 0 Å². The van der Waals surface area contributed by atoms with Gasteiger partial charge in [0.15, 0.2) is 16.6 Å². The Morgan fingerprint density at radius 2 is 1.11 bits per heavy atom. The maximum Gasteiger partial charge on any atom is 0.192 e. The van der Waals surface area contributed by atoms with E-state index < -0.39 is 23.8 Å². The number of carbonyl (C=O) groups excluding carboxylic acids is 2. The summed E-state index contributed by atoms with van der Waals surface area (Å²) in [4.78, 5) is 24.3. The third-order valence-electron chi connectivity index (χ3n) is 20.6. The van der Waals surface area contributed by atoms with Crippen molar-refractivity contribution in [3.05, 3.63) is 108 Å². The summed E-state index contributed by atoms with van der Waals surface area (Å²) >= 11 is 0. The number of ketones is 2. The number of hydrogen-bond donors (Lipinski definition) is 0. The smallest absolute Gasteiger partial charge is 0.192 e. The molecule has 2 aromatic carbocycles. The van der Waals surface area contributed by atoms with E-state index in [1.807, 2.05) is 60.7 Å². The lowest BCUT2D eigenvalue weighted by atomic mass is 9.63. The van der Waals surface area contributed by atoms with Crippen LogP contribution in [0.4, 0.5) is 0 Å². The van der Waals surface area contributed by atoms with E-state index >= 15 is 0 Å². The van der Waals surface area contributed by atoms with E-state index in [0.29, 0.717) is 46.3 Å². The van der Waals surface area contributed by atoms with E-state index in [9.17, 15) is 14.2 Å². The Balaban J connectivity index is 0.000000240. The standard InChI is InChI=1S/C33H51O3PSi2.2C19H32O/c1-26-30(35-38(8,9)32(2,3)4)24-27(25-31(26)36-39(10,11)33(5,6)7)22-23-37(34,28-18-14-12-15-19-28)29-20-16-13-17-21-29;2*1-14(8-6-12-18(2,3)4)15-10-11-16-17(20)9-7-13-19(15,16)5/h12-22,30-31H,1,23-25H2,2-11H3;16H,6-13H2,1-5H3;15-16H,1,6-13H2,2-5H3/b;15-14-;/t30-,31-;16-,19+;15-,16+,19-/m101/s1. The summed E-state index contributed by atoms with van der Waals surface area (Å²) < 4.78 is 28.7. The predicted molar refractivity (Wildman–Crippen MR) is 347 cm³/mol. The van der Waals surface area contributed by atoms with Crippen molar-refractivity contribution >= 4 is 46.0 Å². The third kappa shape index (κ3) is 17.2. The highest BCUT2D eigenvalue weighted by Crippen LogP contribution is 2.58. The van der Waals surface area contributed by atoms with Crippen molar-refractivity contribution in [1.29, 1.82) is 0 Å². The number of hydrogen-bond acceptors (Lipinski definition) is 5. The van der Waals surface area contributed by atoms with E-state index in [-0.39, 0.29) is 33.1 Å². The van der Waals surface area contributed by atoms with Crippen LogP contribution in [-0.4, -0.2) is 46.6 Å². The first-order valence-corrected chi connectivity index (χ1v) is 38.9. The number of carbonyl (C=O) groups is 2. The Morgan fingerprint density at radius 3 is 1.58 bits per heavy atom. The molecule has 0 spiro atoms. The van der Waals surface area contributed by atoms with Gasteiger partial charge in [-0.25, -0.2) is 0 Å². The molecule has 7 atom stereocenters. The first kappa shape index (κ1) is 67.1. The van der Waals surface area contributed by atoms with Crippen molar-refractivity contribution < 1.29 is 23.0 Å². The number of Topliss-reactive ketones (excluding diaryl/α,β-unsaturated/α-hetero) is 2. The molecule has 0 aromatic heterocycles. The minimum atomic E-state index is -2.84. The summed E-state index contributed by atoms with van der Waals surface area (Å²) in [6.07, 6.45) is 22.5. The minimum Gasteiger partial charge on any atom is -0.410 e. The van der Waals surface area contributed by atoms with Crippen LogP contribution >= 0.6 is 7.14 Å². The third-order valence-corrected chi connectivity index (χ3v) is 32.5. The Hall–Kier alpha value is -2.68. The van der Waals surface area contributed by atoms with Gasteiger partial charge in [-0.2, -0.15) is 0 Å². The normalized spacial score (nSPS) is 26.8. The molecule has 0 heterocycles. The number of fused-ring (bicyclic) bond motifs is 2. The van der Waals surface area contributed by atoms with Gasteiger partial charge in [-0.15, -0.1) is 0 Å². The van der Waals surface area contributed by atoms with Crippen molar-refractivity contribution in [2.45, 2.75) is 268 Å². The summed E-state index contributed by atoms with van der Waals surface area (Å²) in [7, 11) is -6.92. The lowest BCUT2D eigenvalue weighted by Gasteiger charge is -2.46. The maximum absolute atomic E-state index is 14.7. The Bertz CT molecular complexity index is 2420. The van der Waals surface area contributed by atoms with E-state index in [4.69, 9.17) is 8.85 Å². The zero-order chi connectivity index (χ0) is 59.2. The van der Waals surface area contributed by atoms with Crippen LogP contribution in [0.3, 0.4) is 0 Å². The highest BCUT2D eigenvalue weighted by molar-refractivity contribution is 7.78. The van der Waals surface area contributed by atoms with Crippen LogP contribution in [0.2, 0.25) is 36.3 Å². The fourth-order valence-electron chi connectivity index (χ4n) is 13.6. The summed E-state index contributed by atoms with van der Waals surface area (Å²) in [5.41, 5.74) is 8.29. The number of rotatable bonds is 15. The highest BCUT2D eigenvalue weighted by atomic mass is 31.2. The van der Waals surface area contributed by atoms with Gasteiger partial charge in [-0.05, 0) is 179 Å². The zero-order valence-corrected chi connectivity index (χ0v) is 57.0. The second-order valence-electron chi connectivity index (χ2n) is 31.3. The predicted octanol–water partition coefficient (Wildman–Crippen LogP) is 20.3. The van der Waals surface area contributed by atoms with Crippen molar-refractivity contribution in [3.8, 4) is 0 Å². The topological polar surface area (TPSA) is 69.7 Å². The molecule has 5 aliphatic carbocycles. The second-order valence-corrected chi connectivity index (χ2v) is 43.6. The van der Waals surface area contributed by atoms with E-state index in [1.165, 1.54) is 68.9 Å². The second kappa shape index (κ2) is 26.5. The number of benzene rings is 2. The van der Waals surface area contributed by atoms with Crippen molar-refractivity contribution in [3.63, 3.8) is 0 Å². The fourth-order valence-corrected chi connectivity index (χ4v) is 18.7. The van der Waals surface area contributed by atoms with E-state index in [1.54, 1.807) is 11.1 Å². The molecule has 0 N–H and O–H groups in total. The lowest BCUT2D eigenvalue weighted by Crippen LogP contribution is -2.49. The molecule has 0 aliphatic heterocycles. The largest absolute Gasteiger partial charge is 0.410 e. The average molecular weight is 1140 g/mol. The minimum absolute atomic E-state index is 0.0894. The van der Waals surface area contributed by atoms with Gasteiger partial charge in [-0.1, -0.05) is 199 Å². The molecule has 0 bridgehead atoms. The van der Waals surface area contributed by atoms with Gasteiger partial charge in [0.2, 0.25) is 0 Å². The lowest BCUT2D eigenvalue weighted by molar-refractivity contribution is -0.129. The zero-order valence-electron chi connectivity index (χ0n) is 54.1. The molecule has 5 fully saturated rings. The molecule has 79 heavy (non-hydrogen) atoms. The van der Waals surface area contributed by atoms with Crippen LogP contribution in [0.25, 0.3) is 0 Å². The van der Waals surface area contributed by atoms with Gasteiger partial charge < -0.3 is 13.4 Å². The van der Waals surface area contributed by atoms with Crippen LogP contribution in [0.1, 0.15) is 219 Å². The molecule has 2 aromatic rings. The van der Waals surface area contributed by atoms with Crippen LogP contribution in [0, 0.1) is 39.4 Å². The Labute approximate surface area is 487 Å². The van der Waals surface area contributed by atoms with Gasteiger partial charge in [0.1, 0.15) is 18.7 Å². The van der Waals surface area contributed by atoms with E-state index in [2.05, 4.69) is 149 Å². The molecule has 8 heteroatoms. The summed E-state index contributed by atoms with van der Waals surface area (Å²) in [6, 6.07) is 19.9. The van der Waals surface area contributed by atoms with Gasteiger partial charge in [-0.3, -0.25) is 9.59 Å². The van der Waals surface area contributed by atoms with Crippen LogP contribution in [0.5, 0.6) is 0 Å². The molecule has 0 amide bonds. The molecule has 5 nitrogen and oxygen atoms in total. The average Bonchev–Trinajstić information content (AvgIpc) is 4.05. The Morgan fingerprint density at radius 1 is 0.658 bits per heavy atom. The molecule has 0 radical (unpaired) electrons. The molecule has 0 unspecified atom stereocenters. The van der Waals surface area contributed by atoms with Gasteiger partial charge in [0.25, 0.3) is 0 Å². The molecule has 5 saturated carbocycles. The SMILES string of the molecule is C/C(CCCC(C)(C)C)=C1\CC[C@H]2C(=O)CCC[C@]12C.C=C(CCCC(C)(C)C)[C@H]1CC[C@H]2C(=O)CCC[C@]12C.C=C1[C@H](O[Si](C)(C)C(C)(C)C)CC(=CCP(=O)(c2ccccc2)c2ccccc2)C[C@H]1O[Si](C)(C)C(C)(C)C. The Kier molecular flexibility index (Phi) is 22.5. The van der Waals surface area contributed by atoms with Crippen molar-refractivity contribution in [1.82, 2.24) is 0 Å². The highest BCUT2D eigenvalue weighted by Gasteiger charge is 2.52. The molecule has 442 valence electrons. The maximum atomic E-state index is 14.7. The summed E-state index contributed by atoms with van der Waals surface area (Å²) in [6.45, 7) is 52.8. The van der Waals surface area contributed by atoms with E-state index in [0.717, 1.165) is 74.0 Å². The molecule has 7 rings (SSSR count). The monoisotopic (exact) mass is 1130 g/mol. The fraction of sp³-hybridized carbons (Fsp3) is 0.690. The van der Waals surface area contributed by atoms with Crippen molar-refractivity contribution in [2.75, 3.05) is 6.16 Å².